The van der Waals surface area contributed by atoms with Gasteiger partial charge in [-0.2, -0.15) is 0 Å². The van der Waals surface area contributed by atoms with Gasteiger partial charge >= 0.3 is 0 Å². The molecular weight excluding hydrogens is 248 g/mol. The standard InChI is InChI=1S/C17H26N2O/c1-19-12-13(11-18)9-17(19)14-5-4-8-16(10-14)20-15-6-2-3-7-15/h4-5,8,10,13,15,17H,2-3,6-7,9,11-12,18H2,1H3. The first-order chi connectivity index (χ1) is 9.76. The average molecular weight is 274 g/mol. The summed E-state index contributed by atoms with van der Waals surface area (Å²) in [6.45, 7) is 1.90. The van der Waals surface area contributed by atoms with Gasteiger partial charge in [-0.05, 0) is 69.3 Å². The summed E-state index contributed by atoms with van der Waals surface area (Å²) in [6.07, 6.45) is 6.65. The highest BCUT2D eigenvalue weighted by molar-refractivity contribution is 5.31. The van der Waals surface area contributed by atoms with Gasteiger partial charge in [-0.15, -0.1) is 0 Å². The van der Waals surface area contributed by atoms with Gasteiger partial charge in [0, 0.05) is 12.6 Å². The zero-order valence-electron chi connectivity index (χ0n) is 12.4. The third-order valence-electron chi connectivity index (χ3n) is 4.82. The lowest BCUT2D eigenvalue weighted by Crippen LogP contribution is -2.20. The Kier molecular flexibility index (Phi) is 4.27. The SMILES string of the molecule is CN1CC(CN)CC1c1cccc(OC2CCCC2)c1. The number of benzene rings is 1. The maximum atomic E-state index is 6.12. The minimum Gasteiger partial charge on any atom is -0.490 e. The van der Waals surface area contributed by atoms with E-state index in [2.05, 4.69) is 36.2 Å². The van der Waals surface area contributed by atoms with Gasteiger partial charge in [0.05, 0.1) is 6.10 Å². The second kappa shape index (κ2) is 6.15. The number of nitrogens with two attached hydrogens (primary N) is 1. The van der Waals surface area contributed by atoms with Crippen LogP contribution in [0.4, 0.5) is 0 Å². The van der Waals surface area contributed by atoms with E-state index in [4.69, 9.17) is 10.5 Å². The molecule has 2 atom stereocenters. The molecule has 1 aliphatic carbocycles. The van der Waals surface area contributed by atoms with Crippen LogP contribution in [0.1, 0.15) is 43.7 Å². The Balaban J connectivity index is 1.70. The number of likely N-dealkylation sites (tertiary alicyclic amines) is 1. The molecule has 0 spiro atoms. The largest absolute Gasteiger partial charge is 0.490 e. The highest BCUT2D eigenvalue weighted by Gasteiger charge is 2.29. The van der Waals surface area contributed by atoms with E-state index >= 15 is 0 Å². The Morgan fingerprint density at radius 2 is 2.10 bits per heavy atom. The molecule has 0 aromatic heterocycles. The van der Waals surface area contributed by atoms with Crippen molar-refractivity contribution in [1.29, 1.82) is 0 Å². The Bertz CT molecular complexity index is 442. The van der Waals surface area contributed by atoms with Gasteiger partial charge in [0.1, 0.15) is 5.75 Å². The highest BCUT2D eigenvalue weighted by Crippen LogP contribution is 2.35. The maximum absolute atomic E-state index is 6.12. The second-order valence-electron chi connectivity index (χ2n) is 6.39. The van der Waals surface area contributed by atoms with Gasteiger partial charge in [0.15, 0.2) is 0 Å². The van der Waals surface area contributed by atoms with Gasteiger partial charge < -0.3 is 10.5 Å². The zero-order chi connectivity index (χ0) is 13.9. The van der Waals surface area contributed by atoms with Gasteiger partial charge in [0.25, 0.3) is 0 Å². The minimum atomic E-state index is 0.434. The van der Waals surface area contributed by atoms with Crippen molar-refractivity contribution in [2.45, 2.75) is 44.2 Å². The number of hydrogen-bond donors (Lipinski definition) is 1. The van der Waals surface area contributed by atoms with E-state index in [9.17, 15) is 0 Å². The molecule has 1 aromatic rings. The molecule has 1 aromatic carbocycles. The van der Waals surface area contributed by atoms with Crippen molar-refractivity contribution in [3.63, 3.8) is 0 Å². The van der Waals surface area contributed by atoms with Crippen molar-refractivity contribution < 1.29 is 4.74 Å². The molecule has 110 valence electrons. The number of hydrogen-bond acceptors (Lipinski definition) is 3. The van der Waals surface area contributed by atoms with E-state index in [1.165, 1.54) is 37.7 Å². The Hall–Kier alpha value is -1.06. The molecular formula is C17H26N2O. The van der Waals surface area contributed by atoms with E-state index < -0.39 is 0 Å². The van der Waals surface area contributed by atoms with Crippen molar-refractivity contribution in [3.8, 4) is 5.75 Å². The molecule has 2 unspecified atom stereocenters. The Morgan fingerprint density at radius 3 is 2.80 bits per heavy atom. The van der Waals surface area contributed by atoms with E-state index in [1.807, 2.05) is 0 Å². The fourth-order valence-electron chi connectivity index (χ4n) is 3.66. The predicted octanol–water partition coefficient (Wildman–Crippen LogP) is 2.96. The van der Waals surface area contributed by atoms with Crippen LogP contribution in [0.3, 0.4) is 0 Å². The van der Waals surface area contributed by atoms with Gasteiger partial charge in [-0.25, -0.2) is 0 Å². The van der Waals surface area contributed by atoms with Crippen molar-refractivity contribution >= 4 is 0 Å². The van der Waals surface area contributed by atoms with Crippen LogP contribution in [0, 0.1) is 5.92 Å². The van der Waals surface area contributed by atoms with Gasteiger partial charge in [-0.1, -0.05) is 12.1 Å². The molecule has 1 saturated heterocycles. The summed E-state index contributed by atoms with van der Waals surface area (Å²) < 4.78 is 6.12. The van der Waals surface area contributed by atoms with Crippen LogP contribution in [0.2, 0.25) is 0 Å². The first kappa shape index (κ1) is 13.9. The van der Waals surface area contributed by atoms with Crippen molar-refractivity contribution in [1.82, 2.24) is 4.90 Å². The molecule has 0 radical (unpaired) electrons. The minimum absolute atomic E-state index is 0.434. The maximum Gasteiger partial charge on any atom is 0.120 e. The van der Waals surface area contributed by atoms with Gasteiger partial charge in [-0.3, -0.25) is 4.90 Å². The highest BCUT2D eigenvalue weighted by atomic mass is 16.5. The molecule has 1 heterocycles. The summed E-state index contributed by atoms with van der Waals surface area (Å²) >= 11 is 0. The topological polar surface area (TPSA) is 38.5 Å². The molecule has 2 N–H and O–H groups in total. The van der Waals surface area contributed by atoms with Crippen molar-refractivity contribution in [2.24, 2.45) is 11.7 Å². The molecule has 1 saturated carbocycles. The molecule has 3 heteroatoms. The second-order valence-corrected chi connectivity index (χ2v) is 6.39. The average Bonchev–Trinajstić information content (AvgIpc) is 3.08. The van der Waals surface area contributed by atoms with Crippen molar-refractivity contribution in [3.05, 3.63) is 29.8 Å². The summed E-state index contributed by atoms with van der Waals surface area (Å²) in [7, 11) is 2.20. The Morgan fingerprint density at radius 1 is 1.30 bits per heavy atom. The van der Waals surface area contributed by atoms with E-state index in [-0.39, 0.29) is 0 Å². The first-order valence-corrected chi connectivity index (χ1v) is 7.93. The fourth-order valence-corrected chi connectivity index (χ4v) is 3.66. The molecule has 3 rings (SSSR count). The van der Waals surface area contributed by atoms with Crippen LogP contribution in [0.25, 0.3) is 0 Å². The molecule has 0 bridgehead atoms. The number of rotatable bonds is 4. The molecule has 2 aliphatic rings. The smallest absolute Gasteiger partial charge is 0.120 e. The number of nitrogens with zero attached hydrogens (tertiary/aromatic N) is 1. The van der Waals surface area contributed by atoms with Crippen molar-refractivity contribution in [2.75, 3.05) is 20.1 Å². The van der Waals surface area contributed by atoms with Gasteiger partial charge in [0.2, 0.25) is 0 Å². The lowest BCUT2D eigenvalue weighted by Gasteiger charge is -2.21. The molecule has 0 amide bonds. The van der Waals surface area contributed by atoms with Crippen LogP contribution < -0.4 is 10.5 Å². The lowest BCUT2D eigenvalue weighted by molar-refractivity contribution is 0.209. The first-order valence-electron chi connectivity index (χ1n) is 7.93. The van der Waals surface area contributed by atoms with E-state index in [0.29, 0.717) is 18.1 Å². The van der Waals surface area contributed by atoms with Crippen LogP contribution in [0.15, 0.2) is 24.3 Å². The van der Waals surface area contributed by atoms with E-state index in [0.717, 1.165) is 18.8 Å². The lowest BCUT2D eigenvalue weighted by atomic mass is 10.00. The third kappa shape index (κ3) is 2.99. The summed E-state index contributed by atoms with van der Waals surface area (Å²) in [4.78, 5) is 2.42. The molecule has 20 heavy (non-hydrogen) atoms. The summed E-state index contributed by atoms with van der Waals surface area (Å²) in [5, 5.41) is 0. The normalized spacial score (nSPS) is 28.1. The summed E-state index contributed by atoms with van der Waals surface area (Å²) in [6, 6.07) is 9.18. The molecule has 1 aliphatic heterocycles. The molecule has 3 nitrogen and oxygen atoms in total. The fraction of sp³-hybridized carbons (Fsp3) is 0.647. The zero-order valence-corrected chi connectivity index (χ0v) is 12.4. The summed E-state index contributed by atoms with van der Waals surface area (Å²) in [5.74, 6) is 1.67. The van der Waals surface area contributed by atoms with Crippen LogP contribution in [-0.2, 0) is 0 Å². The number of ether oxygens (including phenoxy) is 1. The van der Waals surface area contributed by atoms with Crippen LogP contribution in [-0.4, -0.2) is 31.1 Å². The predicted molar refractivity (Wildman–Crippen MR) is 81.9 cm³/mol. The molecule has 2 fully saturated rings. The monoisotopic (exact) mass is 274 g/mol. The quantitative estimate of drug-likeness (QED) is 0.917. The summed E-state index contributed by atoms with van der Waals surface area (Å²) in [5.41, 5.74) is 7.20. The van der Waals surface area contributed by atoms with Crippen LogP contribution >= 0.6 is 0 Å². The van der Waals surface area contributed by atoms with E-state index in [1.54, 1.807) is 0 Å². The van der Waals surface area contributed by atoms with Crippen LogP contribution in [0.5, 0.6) is 5.75 Å². The Labute approximate surface area is 122 Å². The third-order valence-corrected chi connectivity index (χ3v) is 4.82.